The minimum absolute atomic E-state index is 0. The zero-order chi connectivity index (χ0) is 12.7. The van der Waals surface area contributed by atoms with E-state index in [1.165, 1.54) is 0 Å². The standard InChI is InChI=1S/C2HF6NO4S2.Ca/c3-1(4,5)14(10,11)9-15(12,13)2(6,7)8;/h9H;. The molecule has 0 heterocycles. The molecule has 0 aliphatic heterocycles. The Hall–Kier alpha value is 0.700. The van der Waals surface area contributed by atoms with Crippen LogP contribution in [-0.4, -0.2) is 65.6 Å². The van der Waals surface area contributed by atoms with Crippen molar-refractivity contribution in [1.82, 2.24) is 4.13 Å². The van der Waals surface area contributed by atoms with Gasteiger partial charge in [0.05, 0.1) is 0 Å². The van der Waals surface area contributed by atoms with E-state index in [2.05, 4.69) is 0 Å². The molecule has 0 saturated carbocycles. The number of halogens is 6. The molecule has 0 amide bonds. The Bertz CT molecular complexity index is 390. The van der Waals surface area contributed by atoms with Crippen LogP contribution in [-0.2, 0) is 20.0 Å². The number of rotatable bonds is 2. The average Bonchev–Trinajstić information content (AvgIpc) is 1.77. The Balaban J connectivity index is 0. The maximum absolute atomic E-state index is 11.5. The largest absolute Gasteiger partial charge is 0.512 e. The van der Waals surface area contributed by atoms with Gasteiger partial charge in [-0.05, 0) is 0 Å². The van der Waals surface area contributed by atoms with Crippen molar-refractivity contribution >= 4 is 57.8 Å². The van der Waals surface area contributed by atoms with Crippen molar-refractivity contribution in [3.8, 4) is 0 Å². The Labute approximate surface area is 115 Å². The molecular weight excluding hydrogens is 320 g/mol. The molecule has 1 N–H and O–H groups in total. The molecule has 0 aliphatic rings. The van der Waals surface area contributed by atoms with E-state index in [0.29, 0.717) is 0 Å². The van der Waals surface area contributed by atoms with Crippen molar-refractivity contribution in [3.05, 3.63) is 0 Å². The van der Waals surface area contributed by atoms with E-state index in [0.717, 1.165) is 0 Å². The van der Waals surface area contributed by atoms with Crippen molar-refractivity contribution in [1.29, 1.82) is 0 Å². The van der Waals surface area contributed by atoms with Crippen LogP contribution in [0.2, 0.25) is 0 Å². The van der Waals surface area contributed by atoms with Gasteiger partial charge in [0.25, 0.3) is 0 Å². The third kappa shape index (κ3) is 4.52. The van der Waals surface area contributed by atoms with Crippen LogP contribution in [0.25, 0.3) is 0 Å². The topological polar surface area (TPSA) is 80.3 Å². The molecular formula is C2HCaF6NO4S2. The van der Waals surface area contributed by atoms with Crippen LogP contribution < -0.4 is 4.13 Å². The summed E-state index contributed by atoms with van der Waals surface area (Å²) >= 11 is 0. The maximum atomic E-state index is 11.5. The molecule has 94 valence electrons. The van der Waals surface area contributed by atoms with Gasteiger partial charge in [0.2, 0.25) is 0 Å². The molecule has 0 aromatic carbocycles. The Morgan fingerprint density at radius 2 is 0.875 bits per heavy atom. The normalized spacial score (nSPS) is 14.4. The summed E-state index contributed by atoms with van der Waals surface area (Å²) in [6, 6.07) is 0. The molecule has 16 heavy (non-hydrogen) atoms. The first kappa shape index (κ1) is 19.0. The van der Waals surface area contributed by atoms with Crippen LogP contribution >= 0.6 is 0 Å². The predicted octanol–water partition coefficient (Wildman–Crippen LogP) is -0.106. The maximum Gasteiger partial charge on any atom is 0.512 e. The van der Waals surface area contributed by atoms with E-state index in [9.17, 15) is 43.2 Å². The van der Waals surface area contributed by atoms with Gasteiger partial charge in [0, 0.05) is 37.7 Å². The van der Waals surface area contributed by atoms with E-state index in [4.69, 9.17) is 0 Å². The predicted molar refractivity (Wildman–Crippen MR) is 38.8 cm³/mol. The first-order valence-corrected chi connectivity index (χ1v) is 5.58. The zero-order valence-electron chi connectivity index (χ0n) is 6.92. The number of sulfonamides is 2. The summed E-state index contributed by atoms with van der Waals surface area (Å²) in [7, 11) is -13.2. The van der Waals surface area contributed by atoms with Gasteiger partial charge >= 0.3 is 31.1 Å². The number of nitrogens with one attached hydrogen (secondary N) is 1. The van der Waals surface area contributed by atoms with E-state index in [1.54, 1.807) is 0 Å². The van der Waals surface area contributed by atoms with Gasteiger partial charge in [0.15, 0.2) is 0 Å². The monoisotopic (exact) mass is 321 g/mol. The second-order valence-electron chi connectivity index (χ2n) is 1.98. The smallest absolute Gasteiger partial charge is 0.202 e. The van der Waals surface area contributed by atoms with Crippen molar-refractivity contribution in [2.45, 2.75) is 11.0 Å². The van der Waals surface area contributed by atoms with Crippen molar-refractivity contribution in [2.75, 3.05) is 0 Å². The van der Waals surface area contributed by atoms with Gasteiger partial charge < -0.3 is 0 Å². The summed E-state index contributed by atoms with van der Waals surface area (Å²) in [5.41, 5.74) is -12.3. The van der Waals surface area contributed by atoms with Gasteiger partial charge in [-0.2, -0.15) is 26.3 Å². The van der Waals surface area contributed by atoms with E-state index in [1.807, 2.05) is 0 Å². The third-order valence-corrected chi connectivity index (χ3v) is 3.80. The minimum atomic E-state index is -6.60. The first-order chi connectivity index (χ1) is 6.21. The fraction of sp³-hybridized carbons (Fsp3) is 1.00. The average molecular weight is 321 g/mol. The van der Waals surface area contributed by atoms with Crippen LogP contribution in [0, 0.1) is 0 Å². The summed E-state index contributed by atoms with van der Waals surface area (Å²) in [4.78, 5) is 0. The molecule has 0 unspecified atom stereocenters. The zero-order valence-corrected chi connectivity index (χ0v) is 10.8. The third-order valence-electron chi connectivity index (χ3n) is 0.829. The van der Waals surface area contributed by atoms with Crippen LogP contribution in [0.5, 0.6) is 0 Å². The fourth-order valence-corrected chi connectivity index (χ4v) is 2.15. The molecule has 0 atom stereocenters. The molecule has 0 rings (SSSR count). The quantitative estimate of drug-likeness (QED) is 0.569. The van der Waals surface area contributed by atoms with Gasteiger partial charge in [-0.3, -0.25) is 0 Å². The summed E-state index contributed by atoms with van der Waals surface area (Å²) in [5.74, 6) is 0. The summed E-state index contributed by atoms with van der Waals surface area (Å²) in [5, 5.41) is 0. The molecule has 0 saturated heterocycles. The van der Waals surface area contributed by atoms with Crippen molar-refractivity contribution < 1.29 is 43.2 Å². The molecule has 0 bridgehead atoms. The number of hydrogen-bond donors (Lipinski definition) is 1. The second kappa shape index (κ2) is 5.14. The molecule has 14 heteroatoms. The molecule has 2 radical (unpaired) electrons. The summed E-state index contributed by atoms with van der Waals surface area (Å²) in [6.45, 7) is 0. The molecule has 0 fully saturated rings. The fourth-order valence-electron chi connectivity index (χ4n) is 0.239. The minimum Gasteiger partial charge on any atom is -0.202 e. The van der Waals surface area contributed by atoms with Crippen LogP contribution in [0.15, 0.2) is 0 Å². The van der Waals surface area contributed by atoms with Crippen LogP contribution in [0.4, 0.5) is 26.3 Å². The summed E-state index contributed by atoms with van der Waals surface area (Å²) in [6.07, 6.45) is 0. The Morgan fingerprint density at radius 3 is 1.00 bits per heavy atom. The molecule has 0 aliphatic carbocycles. The van der Waals surface area contributed by atoms with E-state index in [-0.39, 0.29) is 37.7 Å². The van der Waals surface area contributed by atoms with Gasteiger partial charge in [-0.25, -0.2) is 16.8 Å². The number of alkyl halides is 6. The number of hydrogen-bond acceptors (Lipinski definition) is 4. The van der Waals surface area contributed by atoms with Gasteiger partial charge in [-0.1, -0.05) is 4.13 Å². The molecule has 5 nitrogen and oxygen atoms in total. The SMILES string of the molecule is O=S(=O)(NS(=O)(=O)C(F)(F)F)C(F)(F)F.[Ca]. The van der Waals surface area contributed by atoms with Crippen LogP contribution in [0.3, 0.4) is 0 Å². The summed E-state index contributed by atoms with van der Waals surface area (Å²) < 4.78 is 108. The second-order valence-corrected chi connectivity index (χ2v) is 5.59. The van der Waals surface area contributed by atoms with Gasteiger partial charge in [-0.15, -0.1) is 0 Å². The molecule has 0 spiro atoms. The van der Waals surface area contributed by atoms with Gasteiger partial charge in [0.1, 0.15) is 0 Å². The van der Waals surface area contributed by atoms with E-state index >= 15 is 0 Å². The van der Waals surface area contributed by atoms with E-state index < -0.39 is 35.2 Å². The molecule has 0 aromatic heterocycles. The Morgan fingerprint density at radius 1 is 0.688 bits per heavy atom. The van der Waals surface area contributed by atoms with Crippen molar-refractivity contribution in [3.63, 3.8) is 0 Å². The van der Waals surface area contributed by atoms with Crippen LogP contribution in [0.1, 0.15) is 0 Å². The molecule has 0 aromatic rings. The first-order valence-electron chi connectivity index (χ1n) is 2.62. The Kier molecular flexibility index (Phi) is 6.12. The van der Waals surface area contributed by atoms with Crippen molar-refractivity contribution in [2.24, 2.45) is 0 Å².